The monoisotopic (exact) mass is 418 g/mol. The number of nitrogens with zero attached hydrogens (tertiary/aromatic N) is 4. The largest absolute Gasteiger partial charge is 0.335 e. The van der Waals surface area contributed by atoms with E-state index in [2.05, 4.69) is 15.5 Å². The summed E-state index contributed by atoms with van der Waals surface area (Å²) >= 11 is 7.00. The highest BCUT2D eigenvalue weighted by atomic mass is 35.5. The first-order valence-electron chi connectivity index (χ1n) is 7.99. The predicted molar refractivity (Wildman–Crippen MR) is 108 cm³/mol. The first kappa shape index (κ1) is 19.6. The number of rotatable bonds is 6. The fraction of sp³-hybridized carbons (Fsp3) is 0.118. The van der Waals surface area contributed by atoms with Gasteiger partial charge >= 0.3 is 0 Å². The van der Waals surface area contributed by atoms with Crippen molar-refractivity contribution in [2.24, 2.45) is 0 Å². The lowest BCUT2D eigenvalue weighted by atomic mass is 10.2. The van der Waals surface area contributed by atoms with Crippen LogP contribution in [0, 0.1) is 17.0 Å². The van der Waals surface area contributed by atoms with Crippen LogP contribution in [0.1, 0.15) is 5.56 Å². The van der Waals surface area contributed by atoms with Crippen LogP contribution in [-0.4, -0.2) is 31.5 Å². The van der Waals surface area contributed by atoms with Gasteiger partial charge < -0.3 is 11.2 Å². The Morgan fingerprint density at radius 2 is 2.00 bits per heavy atom. The second kappa shape index (κ2) is 8.28. The van der Waals surface area contributed by atoms with E-state index in [0.29, 0.717) is 27.3 Å². The number of thioether (sulfide) groups is 1. The zero-order chi connectivity index (χ0) is 20.3. The van der Waals surface area contributed by atoms with E-state index in [0.717, 1.165) is 17.3 Å². The van der Waals surface area contributed by atoms with E-state index >= 15 is 0 Å². The molecule has 0 saturated heterocycles. The van der Waals surface area contributed by atoms with Crippen molar-refractivity contribution in [2.45, 2.75) is 12.1 Å². The molecule has 0 saturated carbocycles. The van der Waals surface area contributed by atoms with Gasteiger partial charge in [-0.2, -0.15) is 0 Å². The number of nitrogens with two attached hydrogens (primary N) is 1. The number of aryl methyl sites for hydroxylation is 1. The third kappa shape index (κ3) is 4.41. The van der Waals surface area contributed by atoms with Crippen LogP contribution in [0.5, 0.6) is 0 Å². The standard InChI is InChI=1S/C17H15ClN6O3S/c1-10-8-13(24(26)27)6-7-14(10)20-15(25)9-28-17-22-21-16(23(17)19)11-2-4-12(18)5-3-11/h2-8H,9,19H2,1H3,(H,20,25). The molecule has 3 rings (SSSR count). The van der Waals surface area contributed by atoms with Gasteiger partial charge in [-0.1, -0.05) is 23.4 Å². The second-order valence-electron chi connectivity index (χ2n) is 5.78. The van der Waals surface area contributed by atoms with Crippen LogP contribution in [0.25, 0.3) is 11.4 Å². The molecule has 0 spiro atoms. The molecule has 0 bridgehead atoms. The molecule has 3 aromatic rings. The maximum absolute atomic E-state index is 12.2. The number of hydrogen-bond donors (Lipinski definition) is 2. The first-order chi connectivity index (χ1) is 13.3. The molecule has 0 aliphatic heterocycles. The number of carbonyl (C=O) groups excluding carboxylic acids is 1. The molecule has 0 radical (unpaired) electrons. The molecule has 0 aliphatic carbocycles. The summed E-state index contributed by atoms with van der Waals surface area (Å²) in [6, 6.07) is 11.2. The Balaban J connectivity index is 1.64. The summed E-state index contributed by atoms with van der Waals surface area (Å²) in [4.78, 5) is 22.5. The van der Waals surface area contributed by atoms with E-state index in [-0.39, 0.29) is 17.3 Å². The lowest BCUT2D eigenvalue weighted by Gasteiger charge is -2.08. The maximum atomic E-state index is 12.2. The fourth-order valence-corrected chi connectivity index (χ4v) is 3.17. The third-order valence-electron chi connectivity index (χ3n) is 3.79. The zero-order valence-electron chi connectivity index (χ0n) is 14.6. The minimum atomic E-state index is -0.485. The summed E-state index contributed by atoms with van der Waals surface area (Å²) in [6.45, 7) is 1.69. The zero-order valence-corrected chi connectivity index (χ0v) is 16.2. The van der Waals surface area contributed by atoms with Crippen LogP contribution in [-0.2, 0) is 4.79 Å². The highest BCUT2D eigenvalue weighted by molar-refractivity contribution is 7.99. The third-order valence-corrected chi connectivity index (χ3v) is 4.99. The molecule has 2 aromatic carbocycles. The Morgan fingerprint density at radius 3 is 2.64 bits per heavy atom. The second-order valence-corrected chi connectivity index (χ2v) is 7.16. The van der Waals surface area contributed by atoms with E-state index in [1.165, 1.54) is 22.9 Å². The molecule has 1 heterocycles. The van der Waals surface area contributed by atoms with Crippen LogP contribution in [0.3, 0.4) is 0 Å². The number of anilines is 1. The number of nitro groups is 1. The summed E-state index contributed by atoms with van der Waals surface area (Å²) < 4.78 is 1.30. The molecule has 3 N–H and O–H groups in total. The smallest absolute Gasteiger partial charge is 0.269 e. The number of nitrogen functional groups attached to an aromatic ring is 1. The molecule has 11 heteroatoms. The van der Waals surface area contributed by atoms with Crippen molar-refractivity contribution in [3.63, 3.8) is 0 Å². The van der Waals surface area contributed by atoms with E-state index in [4.69, 9.17) is 17.4 Å². The number of non-ortho nitro benzene ring substituents is 1. The Labute approximate surface area is 169 Å². The molecule has 0 aliphatic rings. The fourth-order valence-electron chi connectivity index (χ4n) is 2.39. The van der Waals surface area contributed by atoms with Crippen LogP contribution < -0.4 is 11.2 Å². The van der Waals surface area contributed by atoms with Gasteiger partial charge in [-0.3, -0.25) is 14.9 Å². The van der Waals surface area contributed by atoms with Gasteiger partial charge in [0, 0.05) is 28.4 Å². The molecule has 144 valence electrons. The van der Waals surface area contributed by atoms with Crippen molar-refractivity contribution in [1.82, 2.24) is 14.9 Å². The Hall–Kier alpha value is -3.11. The van der Waals surface area contributed by atoms with Gasteiger partial charge in [0.1, 0.15) is 0 Å². The van der Waals surface area contributed by atoms with Gasteiger partial charge in [0.25, 0.3) is 5.69 Å². The lowest BCUT2D eigenvalue weighted by molar-refractivity contribution is -0.384. The van der Waals surface area contributed by atoms with Gasteiger partial charge in [0.05, 0.1) is 10.7 Å². The average Bonchev–Trinajstić information content (AvgIpc) is 3.03. The highest BCUT2D eigenvalue weighted by Crippen LogP contribution is 2.24. The summed E-state index contributed by atoms with van der Waals surface area (Å²) in [5.74, 6) is 6.23. The van der Waals surface area contributed by atoms with Crippen molar-refractivity contribution in [3.8, 4) is 11.4 Å². The lowest BCUT2D eigenvalue weighted by Crippen LogP contribution is -2.17. The average molecular weight is 419 g/mol. The predicted octanol–water partition coefficient (Wildman–Crippen LogP) is 3.26. The number of amides is 1. The van der Waals surface area contributed by atoms with Gasteiger partial charge in [0.15, 0.2) is 5.82 Å². The van der Waals surface area contributed by atoms with Gasteiger partial charge in [-0.15, -0.1) is 10.2 Å². The number of nitro benzene ring substituents is 1. The Morgan fingerprint density at radius 1 is 1.29 bits per heavy atom. The first-order valence-corrected chi connectivity index (χ1v) is 9.35. The number of benzene rings is 2. The minimum absolute atomic E-state index is 0.0316. The van der Waals surface area contributed by atoms with Crippen molar-refractivity contribution in [1.29, 1.82) is 0 Å². The molecule has 28 heavy (non-hydrogen) atoms. The van der Waals surface area contributed by atoms with Gasteiger partial charge in [-0.05, 0) is 42.8 Å². The van der Waals surface area contributed by atoms with Crippen molar-refractivity contribution >= 4 is 40.6 Å². The maximum Gasteiger partial charge on any atom is 0.269 e. The van der Waals surface area contributed by atoms with Crippen LogP contribution in [0.15, 0.2) is 47.6 Å². The number of halogens is 1. The number of hydrogen-bond acceptors (Lipinski definition) is 7. The van der Waals surface area contributed by atoms with Crippen molar-refractivity contribution in [3.05, 3.63) is 63.2 Å². The molecular formula is C17H15ClN6O3S. The Kier molecular flexibility index (Phi) is 5.81. The van der Waals surface area contributed by atoms with E-state index in [9.17, 15) is 14.9 Å². The number of nitrogens with one attached hydrogen (secondary N) is 1. The summed E-state index contributed by atoms with van der Waals surface area (Å²) in [6.07, 6.45) is 0. The highest BCUT2D eigenvalue weighted by Gasteiger charge is 2.15. The van der Waals surface area contributed by atoms with Gasteiger partial charge in [0.2, 0.25) is 11.1 Å². The summed E-state index contributed by atoms with van der Waals surface area (Å²) in [5, 5.41) is 22.5. The molecule has 9 nitrogen and oxygen atoms in total. The van der Waals surface area contributed by atoms with E-state index < -0.39 is 4.92 Å². The molecule has 1 aromatic heterocycles. The molecular weight excluding hydrogens is 404 g/mol. The van der Waals surface area contributed by atoms with Crippen LogP contribution >= 0.6 is 23.4 Å². The van der Waals surface area contributed by atoms with Crippen molar-refractivity contribution < 1.29 is 9.72 Å². The minimum Gasteiger partial charge on any atom is -0.335 e. The van der Waals surface area contributed by atoms with Gasteiger partial charge in [-0.25, -0.2) is 4.68 Å². The van der Waals surface area contributed by atoms with Crippen LogP contribution in [0.2, 0.25) is 5.02 Å². The Bertz CT molecular complexity index is 1040. The molecule has 0 unspecified atom stereocenters. The topological polar surface area (TPSA) is 129 Å². The normalized spacial score (nSPS) is 10.6. The number of carbonyl (C=O) groups is 1. The summed E-state index contributed by atoms with van der Waals surface area (Å²) in [5.41, 5.74) is 1.82. The summed E-state index contributed by atoms with van der Waals surface area (Å²) in [7, 11) is 0. The number of aromatic nitrogens is 3. The SMILES string of the molecule is Cc1cc([N+](=O)[O-])ccc1NC(=O)CSc1nnc(-c2ccc(Cl)cc2)n1N. The van der Waals surface area contributed by atoms with E-state index in [1.54, 1.807) is 31.2 Å². The van der Waals surface area contributed by atoms with Crippen LogP contribution in [0.4, 0.5) is 11.4 Å². The molecule has 1 amide bonds. The van der Waals surface area contributed by atoms with Crippen molar-refractivity contribution in [2.75, 3.05) is 16.9 Å². The molecule has 0 fully saturated rings. The quantitative estimate of drug-likeness (QED) is 0.272. The van der Waals surface area contributed by atoms with E-state index in [1.807, 2.05) is 0 Å². The molecule has 0 atom stereocenters.